The normalized spacial score (nSPS) is 12.5. The highest BCUT2D eigenvalue weighted by Crippen LogP contribution is 2.01. The number of hydrogen-bond donors (Lipinski definition) is 1. The molecule has 0 radical (unpaired) electrons. The molecule has 1 unspecified atom stereocenters. The first-order valence-corrected chi connectivity index (χ1v) is 5.01. The molecule has 1 heterocycles. The lowest BCUT2D eigenvalue weighted by Gasteiger charge is -2.06. The molecule has 0 spiro atoms. The first kappa shape index (κ1) is 11.7. The molecular formula is C10H17N3O2. The van der Waals surface area contributed by atoms with Gasteiger partial charge in [0.25, 0.3) is 0 Å². The van der Waals surface area contributed by atoms with Gasteiger partial charge in [0.1, 0.15) is 6.04 Å². The molecule has 2 N–H and O–H groups in total. The van der Waals surface area contributed by atoms with E-state index in [4.69, 9.17) is 5.73 Å². The number of aromatic nitrogens is 2. The number of aryl methyl sites for hydroxylation is 1. The van der Waals surface area contributed by atoms with Crippen LogP contribution >= 0.6 is 0 Å². The molecule has 0 aliphatic rings. The molecule has 1 rings (SSSR count). The standard InChI is InChI=1S/C10H17N3O2/c1-3-4-13-6-8(12-7-13)5-9(11)10(14)15-2/h6-7,9H,3-5,11H2,1-2H3. The van der Waals surface area contributed by atoms with Gasteiger partial charge in [-0.3, -0.25) is 4.79 Å². The minimum atomic E-state index is -0.625. The van der Waals surface area contributed by atoms with Crippen LogP contribution < -0.4 is 5.73 Å². The van der Waals surface area contributed by atoms with Crippen molar-refractivity contribution in [2.75, 3.05) is 7.11 Å². The molecular weight excluding hydrogens is 194 g/mol. The number of ether oxygens (including phenoxy) is 1. The highest BCUT2D eigenvalue weighted by Gasteiger charge is 2.15. The van der Waals surface area contributed by atoms with E-state index in [-0.39, 0.29) is 0 Å². The van der Waals surface area contributed by atoms with Crippen LogP contribution in [0.15, 0.2) is 12.5 Å². The Balaban J connectivity index is 2.53. The summed E-state index contributed by atoms with van der Waals surface area (Å²) in [6, 6.07) is -0.625. The van der Waals surface area contributed by atoms with E-state index in [1.807, 2.05) is 10.8 Å². The molecule has 0 saturated carbocycles. The van der Waals surface area contributed by atoms with E-state index < -0.39 is 12.0 Å². The van der Waals surface area contributed by atoms with E-state index in [0.29, 0.717) is 6.42 Å². The molecule has 0 saturated heterocycles. The van der Waals surface area contributed by atoms with Crippen molar-refractivity contribution in [1.82, 2.24) is 9.55 Å². The minimum Gasteiger partial charge on any atom is -0.468 e. The predicted octanol–water partition coefficient (Wildman–Crippen LogP) is 0.336. The van der Waals surface area contributed by atoms with Crippen molar-refractivity contribution in [3.8, 4) is 0 Å². The Morgan fingerprint density at radius 2 is 2.47 bits per heavy atom. The van der Waals surface area contributed by atoms with Crippen LogP contribution in [0.2, 0.25) is 0 Å². The Morgan fingerprint density at radius 1 is 1.73 bits per heavy atom. The highest BCUT2D eigenvalue weighted by molar-refractivity contribution is 5.75. The Labute approximate surface area is 89.2 Å². The van der Waals surface area contributed by atoms with Crippen molar-refractivity contribution in [2.24, 2.45) is 5.73 Å². The second-order valence-electron chi connectivity index (χ2n) is 3.44. The van der Waals surface area contributed by atoms with Crippen LogP contribution in [0.4, 0.5) is 0 Å². The molecule has 0 aliphatic carbocycles. The van der Waals surface area contributed by atoms with Gasteiger partial charge in [-0.2, -0.15) is 0 Å². The maximum Gasteiger partial charge on any atom is 0.323 e. The summed E-state index contributed by atoms with van der Waals surface area (Å²) < 4.78 is 6.53. The summed E-state index contributed by atoms with van der Waals surface area (Å²) in [6.07, 6.45) is 5.14. The third-order valence-corrected chi connectivity index (χ3v) is 2.10. The van der Waals surface area contributed by atoms with Crippen molar-refractivity contribution in [3.05, 3.63) is 18.2 Å². The molecule has 0 aliphatic heterocycles. The molecule has 84 valence electrons. The van der Waals surface area contributed by atoms with Crippen LogP contribution in [0, 0.1) is 0 Å². The van der Waals surface area contributed by atoms with E-state index in [0.717, 1.165) is 18.7 Å². The van der Waals surface area contributed by atoms with Crippen molar-refractivity contribution < 1.29 is 9.53 Å². The Morgan fingerprint density at radius 3 is 3.07 bits per heavy atom. The van der Waals surface area contributed by atoms with Gasteiger partial charge in [-0.1, -0.05) is 6.92 Å². The molecule has 0 aromatic carbocycles. The van der Waals surface area contributed by atoms with Gasteiger partial charge in [-0.25, -0.2) is 4.98 Å². The summed E-state index contributed by atoms with van der Waals surface area (Å²) in [5.41, 5.74) is 6.44. The maximum absolute atomic E-state index is 11.1. The van der Waals surface area contributed by atoms with E-state index in [1.165, 1.54) is 7.11 Å². The number of nitrogens with zero attached hydrogens (tertiary/aromatic N) is 2. The van der Waals surface area contributed by atoms with Crippen LogP contribution in [-0.4, -0.2) is 28.7 Å². The Hall–Kier alpha value is -1.36. The van der Waals surface area contributed by atoms with Crippen molar-refractivity contribution >= 4 is 5.97 Å². The number of hydrogen-bond acceptors (Lipinski definition) is 4. The van der Waals surface area contributed by atoms with Gasteiger partial charge in [0, 0.05) is 19.2 Å². The average molecular weight is 211 g/mol. The minimum absolute atomic E-state index is 0.403. The van der Waals surface area contributed by atoms with Gasteiger partial charge in [-0.05, 0) is 6.42 Å². The summed E-state index contributed by atoms with van der Waals surface area (Å²) in [5.74, 6) is -0.403. The van der Waals surface area contributed by atoms with Crippen LogP contribution in [-0.2, 0) is 22.5 Å². The van der Waals surface area contributed by atoms with Gasteiger partial charge < -0.3 is 15.0 Å². The monoisotopic (exact) mass is 211 g/mol. The average Bonchev–Trinajstić information content (AvgIpc) is 2.65. The van der Waals surface area contributed by atoms with Crippen molar-refractivity contribution in [3.63, 3.8) is 0 Å². The van der Waals surface area contributed by atoms with Crippen LogP contribution in [0.1, 0.15) is 19.0 Å². The molecule has 15 heavy (non-hydrogen) atoms. The topological polar surface area (TPSA) is 70.1 Å². The molecule has 1 aromatic heterocycles. The van der Waals surface area contributed by atoms with Gasteiger partial charge >= 0.3 is 5.97 Å². The number of imidazole rings is 1. The zero-order chi connectivity index (χ0) is 11.3. The summed E-state index contributed by atoms with van der Waals surface area (Å²) in [7, 11) is 1.33. The van der Waals surface area contributed by atoms with Gasteiger partial charge in [0.2, 0.25) is 0 Å². The van der Waals surface area contributed by atoms with E-state index in [9.17, 15) is 4.79 Å². The predicted molar refractivity (Wildman–Crippen MR) is 56.2 cm³/mol. The largest absolute Gasteiger partial charge is 0.468 e. The van der Waals surface area contributed by atoms with E-state index in [1.54, 1.807) is 6.33 Å². The second kappa shape index (κ2) is 5.50. The van der Waals surface area contributed by atoms with Crippen molar-refractivity contribution in [1.29, 1.82) is 0 Å². The summed E-state index contributed by atoms with van der Waals surface area (Å²) >= 11 is 0. The van der Waals surface area contributed by atoms with Crippen LogP contribution in [0.3, 0.4) is 0 Å². The molecule has 1 aromatic rings. The SMILES string of the molecule is CCCn1cnc(CC(N)C(=O)OC)c1. The molecule has 0 amide bonds. The fourth-order valence-electron chi connectivity index (χ4n) is 1.35. The third kappa shape index (κ3) is 3.36. The van der Waals surface area contributed by atoms with E-state index in [2.05, 4.69) is 16.6 Å². The lowest BCUT2D eigenvalue weighted by atomic mass is 10.2. The first-order chi connectivity index (χ1) is 7.17. The molecule has 1 atom stereocenters. The highest BCUT2D eigenvalue weighted by atomic mass is 16.5. The van der Waals surface area contributed by atoms with Gasteiger partial charge in [0.15, 0.2) is 0 Å². The third-order valence-electron chi connectivity index (χ3n) is 2.10. The number of methoxy groups -OCH3 is 1. The molecule has 5 nitrogen and oxygen atoms in total. The quantitative estimate of drug-likeness (QED) is 0.713. The Bertz CT molecular complexity index is 322. The molecule has 0 fully saturated rings. The number of carbonyl (C=O) groups excluding carboxylic acids is 1. The van der Waals surface area contributed by atoms with Crippen LogP contribution in [0.25, 0.3) is 0 Å². The van der Waals surface area contributed by atoms with Crippen LogP contribution in [0.5, 0.6) is 0 Å². The molecule has 0 bridgehead atoms. The van der Waals surface area contributed by atoms with Gasteiger partial charge in [0.05, 0.1) is 19.1 Å². The lowest BCUT2D eigenvalue weighted by molar-refractivity contribution is -0.142. The summed E-state index contributed by atoms with van der Waals surface area (Å²) in [4.78, 5) is 15.2. The zero-order valence-corrected chi connectivity index (χ0v) is 9.14. The number of nitrogens with two attached hydrogens (primary N) is 1. The fraction of sp³-hybridized carbons (Fsp3) is 0.600. The summed E-state index contributed by atoms with van der Waals surface area (Å²) in [6.45, 7) is 3.03. The Kier molecular flexibility index (Phi) is 4.30. The number of rotatable bonds is 5. The summed E-state index contributed by atoms with van der Waals surface area (Å²) in [5, 5.41) is 0. The smallest absolute Gasteiger partial charge is 0.323 e. The van der Waals surface area contributed by atoms with Gasteiger partial charge in [-0.15, -0.1) is 0 Å². The first-order valence-electron chi connectivity index (χ1n) is 5.01. The number of carbonyl (C=O) groups is 1. The van der Waals surface area contributed by atoms with Crippen molar-refractivity contribution in [2.45, 2.75) is 32.4 Å². The van der Waals surface area contributed by atoms with E-state index >= 15 is 0 Å². The number of esters is 1. The zero-order valence-electron chi connectivity index (χ0n) is 9.14. The lowest BCUT2D eigenvalue weighted by Crippen LogP contribution is -2.33. The second-order valence-corrected chi connectivity index (χ2v) is 3.44. The molecule has 5 heteroatoms. The maximum atomic E-state index is 11.1. The fourth-order valence-corrected chi connectivity index (χ4v) is 1.35.